The lowest BCUT2D eigenvalue weighted by molar-refractivity contribution is 0.358. The molecule has 2 aromatic rings. The van der Waals surface area contributed by atoms with E-state index in [0.717, 1.165) is 15.2 Å². The second-order valence-corrected chi connectivity index (χ2v) is 10.4. The van der Waals surface area contributed by atoms with Crippen LogP contribution in [0, 0.1) is 15.2 Å². The number of halogens is 3. The molecule has 2 aromatic carbocycles. The van der Waals surface area contributed by atoms with Crippen molar-refractivity contribution in [3.8, 4) is 5.75 Å². The highest BCUT2D eigenvalue weighted by Gasteiger charge is 2.54. The number of nitrogens with one attached hydrogen (secondary N) is 1. The Hall–Kier alpha value is -1.68. The highest BCUT2D eigenvalue weighted by atomic mass is 127. The largest absolute Gasteiger partial charge is 0.487 e. The van der Waals surface area contributed by atoms with Gasteiger partial charge in [-0.25, -0.2) is 17.2 Å². The van der Waals surface area contributed by atoms with Crippen molar-refractivity contribution >= 4 is 38.3 Å². The SMILES string of the molecule is O=S1(=O)Nc2c(cc(F)c(F)c2Cc2ccc(I)cc2)OC/C=C/CC12CC2. The van der Waals surface area contributed by atoms with Crippen molar-refractivity contribution in [3.05, 3.63) is 68.8 Å². The van der Waals surface area contributed by atoms with E-state index in [0.29, 0.717) is 19.3 Å². The van der Waals surface area contributed by atoms with Crippen molar-refractivity contribution < 1.29 is 21.9 Å². The predicted octanol–water partition coefficient (Wildman–Crippen LogP) is 4.77. The minimum Gasteiger partial charge on any atom is -0.487 e. The molecule has 1 N–H and O–H groups in total. The van der Waals surface area contributed by atoms with Gasteiger partial charge in [-0.3, -0.25) is 4.72 Å². The molecule has 28 heavy (non-hydrogen) atoms. The summed E-state index contributed by atoms with van der Waals surface area (Å²) in [7, 11) is -3.79. The van der Waals surface area contributed by atoms with E-state index >= 15 is 0 Å². The first-order valence-electron chi connectivity index (χ1n) is 8.87. The number of sulfonamides is 1. The van der Waals surface area contributed by atoms with Crippen molar-refractivity contribution in [2.24, 2.45) is 0 Å². The van der Waals surface area contributed by atoms with Crippen molar-refractivity contribution in [1.29, 1.82) is 0 Å². The summed E-state index contributed by atoms with van der Waals surface area (Å²) in [4.78, 5) is 0. The Balaban J connectivity index is 1.84. The molecule has 4 rings (SSSR count). The quantitative estimate of drug-likeness (QED) is 0.462. The van der Waals surface area contributed by atoms with Crippen LogP contribution in [0.3, 0.4) is 0 Å². The second kappa shape index (κ2) is 7.29. The molecule has 0 aromatic heterocycles. The number of hydrogen-bond acceptors (Lipinski definition) is 3. The fraction of sp³-hybridized carbons (Fsp3) is 0.300. The summed E-state index contributed by atoms with van der Waals surface area (Å²) in [6.45, 7) is 0.152. The number of ether oxygens (including phenoxy) is 1. The molecule has 1 fully saturated rings. The molecule has 0 unspecified atom stereocenters. The Bertz CT molecular complexity index is 1050. The van der Waals surface area contributed by atoms with E-state index in [9.17, 15) is 17.2 Å². The van der Waals surface area contributed by atoms with Gasteiger partial charge in [0.05, 0.1) is 10.4 Å². The zero-order valence-electron chi connectivity index (χ0n) is 14.8. The van der Waals surface area contributed by atoms with E-state index in [1.54, 1.807) is 24.3 Å². The maximum absolute atomic E-state index is 14.7. The second-order valence-electron chi connectivity index (χ2n) is 7.10. The van der Waals surface area contributed by atoms with E-state index in [2.05, 4.69) is 27.3 Å². The Morgan fingerprint density at radius 3 is 2.54 bits per heavy atom. The number of anilines is 1. The summed E-state index contributed by atoms with van der Waals surface area (Å²) in [5.41, 5.74) is 0.670. The minimum atomic E-state index is -3.79. The molecule has 0 radical (unpaired) electrons. The van der Waals surface area contributed by atoms with Crippen LogP contribution in [0.4, 0.5) is 14.5 Å². The fourth-order valence-electron chi connectivity index (χ4n) is 3.32. The van der Waals surface area contributed by atoms with Crippen LogP contribution in [0.5, 0.6) is 5.75 Å². The summed E-state index contributed by atoms with van der Waals surface area (Å²) in [6, 6.07) is 8.23. The van der Waals surface area contributed by atoms with Crippen LogP contribution in [0.1, 0.15) is 30.4 Å². The molecule has 1 heterocycles. The molecule has 4 nitrogen and oxygen atoms in total. The fourth-order valence-corrected chi connectivity index (χ4v) is 5.34. The zero-order valence-corrected chi connectivity index (χ0v) is 17.8. The normalized spacial score (nSPS) is 20.5. The van der Waals surface area contributed by atoms with Gasteiger partial charge in [0.15, 0.2) is 11.6 Å². The first kappa shape index (κ1) is 19.6. The Morgan fingerprint density at radius 1 is 1.14 bits per heavy atom. The molecular weight excluding hydrogens is 499 g/mol. The first-order valence-corrected chi connectivity index (χ1v) is 11.4. The van der Waals surface area contributed by atoms with Crippen LogP contribution in [0.15, 0.2) is 42.5 Å². The number of rotatable bonds is 2. The minimum absolute atomic E-state index is 0.00895. The zero-order chi connectivity index (χ0) is 19.9. The molecule has 8 heteroatoms. The predicted molar refractivity (Wildman–Crippen MR) is 112 cm³/mol. The van der Waals surface area contributed by atoms with Gasteiger partial charge < -0.3 is 4.74 Å². The molecular formula is C20H18F2INO3S. The molecule has 0 saturated heterocycles. The number of hydrogen-bond donors (Lipinski definition) is 1. The van der Waals surface area contributed by atoms with E-state index in [1.807, 2.05) is 12.1 Å². The summed E-state index contributed by atoms with van der Waals surface area (Å²) >= 11 is 2.15. The van der Waals surface area contributed by atoms with Crippen LogP contribution in [0.25, 0.3) is 0 Å². The Morgan fingerprint density at radius 2 is 1.86 bits per heavy atom. The lowest BCUT2D eigenvalue weighted by atomic mass is 10.0. The first-order chi connectivity index (χ1) is 13.3. The lowest BCUT2D eigenvalue weighted by Gasteiger charge is -2.22. The summed E-state index contributed by atoms with van der Waals surface area (Å²) in [5, 5.41) is 0. The van der Waals surface area contributed by atoms with Gasteiger partial charge in [0.25, 0.3) is 0 Å². The van der Waals surface area contributed by atoms with Gasteiger partial charge in [-0.2, -0.15) is 0 Å². The van der Waals surface area contributed by atoms with Crippen LogP contribution >= 0.6 is 22.6 Å². The number of fused-ring (bicyclic) bond motifs is 1. The molecule has 1 saturated carbocycles. The number of benzene rings is 2. The van der Waals surface area contributed by atoms with Crippen molar-refractivity contribution in [1.82, 2.24) is 0 Å². The van der Waals surface area contributed by atoms with Gasteiger partial charge in [0.1, 0.15) is 12.4 Å². The average Bonchev–Trinajstić information content (AvgIpc) is 3.44. The molecule has 0 bridgehead atoms. The smallest absolute Gasteiger partial charge is 0.238 e. The molecule has 2 aliphatic rings. The third-order valence-electron chi connectivity index (χ3n) is 5.18. The van der Waals surface area contributed by atoms with E-state index in [-0.39, 0.29) is 30.0 Å². The number of allylic oxidation sites excluding steroid dienone is 1. The van der Waals surface area contributed by atoms with Crippen molar-refractivity contribution in [3.63, 3.8) is 0 Å². The Kier molecular flexibility index (Phi) is 5.11. The van der Waals surface area contributed by atoms with Crippen molar-refractivity contribution in [2.75, 3.05) is 11.3 Å². The average molecular weight is 517 g/mol. The van der Waals surface area contributed by atoms with Crippen LogP contribution in [-0.4, -0.2) is 19.8 Å². The van der Waals surface area contributed by atoms with Crippen LogP contribution < -0.4 is 9.46 Å². The summed E-state index contributed by atoms with van der Waals surface area (Å²) in [6.07, 6.45) is 4.97. The molecule has 1 aliphatic carbocycles. The third-order valence-corrected chi connectivity index (χ3v) is 8.09. The maximum atomic E-state index is 14.7. The van der Waals surface area contributed by atoms with Gasteiger partial charge in [0.2, 0.25) is 10.0 Å². The van der Waals surface area contributed by atoms with Gasteiger partial charge in [-0.1, -0.05) is 24.3 Å². The summed E-state index contributed by atoms with van der Waals surface area (Å²) < 4.78 is 63.2. The van der Waals surface area contributed by atoms with Gasteiger partial charge >= 0.3 is 0 Å². The highest BCUT2D eigenvalue weighted by Crippen LogP contribution is 2.49. The monoisotopic (exact) mass is 517 g/mol. The third kappa shape index (κ3) is 3.63. The van der Waals surface area contributed by atoms with E-state index in [4.69, 9.17) is 4.74 Å². The van der Waals surface area contributed by atoms with E-state index in [1.165, 1.54) is 0 Å². The van der Waals surface area contributed by atoms with Crippen molar-refractivity contribution in [2.45, 2.75) is 30.4 Å². The summed E-state index contributed by atoms with van der Waals surface area (Å²) in [5.74, 6) is -2.15. The van der Waals surface area contributed by atoms with Crippen LogP contribution in [-0.2, 0) is 16.4 Å². The van der Waals surface area contributed by atoms with Crippen LogP contribution in [0.2, 0.25) is 0 Å². The maximum Gasteiger partial charge on any atom is 0.238 e. The van der Waals surface area contributed by atoms with E-state index < -0.39 is 26.4 Å². The molecule has 1 spiro atoms. The molecule has 0 atom stereocenters. The molecule has 148 valence electrons. The standard InChI is InChI=1S/C20H18F2INO3S/c21-16-12-17-19(15(18(16)22)11-13-3-5-14(23)6-4-13)24-28(25,26)20(8-9-20)7-1-2-10-27-17/h1-6,12,24H,7-11H2/b2-1+. The topological polar surface area (TPSA) is 55.4 Å². The Labute approximate surface area is 176 Å². The van der Waals surface area contributed by atoms with Gasteiger partial charge in [0, 0.05) is 21.6 Å². The molecule has 0 amide bonds. The lowest BCUT2D eigenvalue weighted by Crippen LogP contribution is -2.30. The highest BCUT2D eigenvalue weighted by molar-refractivity contribution is 14.1. The molecule has 1 aliphatic heterocycles. The van der Waals surface area contributed by atoms with Gasteiger partial charge in [-0.05, 0) is 59.5 Å². The van der Waals surface area contributed by atoms with Gasteiger partial charge in [-0.15, -0.1) is 0 Å².